The van der Waals surface area contributed by atoms with Crippen LogP contribution in [-0.4, -0.2) is 6.61 Å². The topological polar surface area (TPSA) is 9.23 Å². The molecule has 5 heteroatoms. The highest BCUT2D eigenvalue weighted by Crippen LogP contribution is 2.36. The Bertz CT molecular complexity index is 634. The largest absolute Gasteiger partial charge is 0.492 e. The zero-order valence-electron chi connectivity index (χ0n) is 11.4. The Morgan fingerprint density at radius 1 is 1.19 bits per heavy atom. The number of hydrogen-bond donors (Lipinski definition) is 0. The number of rotatable bonds is 5. The SMILES string of the molecule is CCCOc1ccc(C(Cl)c2cccc(Br)c2F)cc1Br. The van der Waals surface area contributed by atoms with E-state index in [1.807, 2.05) is 25.1 Å². The molecular weight excluding hydrogens is 422 g/mol. The van der Waals surface area contributed by atoms with E-state index in [1.54, 1.807) is 18.2 Å². The van der Waals surface area contributed by atoms with Gasteiger partial charge in [0.25, 0.3) is 0 Å². The van der Waals surface area contributed by atoms with Gasteiger partial charge in [-0.15, -0.1) is 11.6 Å². The summed E-state index contributed by atoms with van der Waals surface area (Å²) in [5.74, 6) is 0.430. The standard InChI is InChI=1S/C16H14Br2ClFO/c1-2-8-21-14-7-6-10(9-13(14)18)15(19)11-4-3-5-12(17)16(11)20/h3-7,9,15H,2,8H2,1H3. The van der Waals surface area contributed by atoms with Gasteiger partial charge in [0.15, 0.2) is 0 Å². The van der Waals surface area contributed by atoms with Gasteiger partial charge in [0, 0.05) is 5.56 Å². The molecule has 2 aromatic rings. The first-order valence-corrected chi connectivity index (χ1v) is 8.57. The van der Waals surface area contributed by atoms with E-state index >= 15 is 0 Å². The van der Waals surface area contributed by atoms with Crippen molar-refractivity contribution in [3.05, 3.63) is 62.3 Å². The molecule has 21 heavy (non-hydrogen) atoms. The van der Waals surface area contributed by atoms with Crippen molar-refractivity contribution in [2.45, 2.75) is 18.7 Å². The second-order valence-corrected chi connectivity index (χ2v) is 6.69. The molecule has 0 saturated carbocycles. The minimum Gasteiger partial charge on any atom is -0.492 e. The molecule has 2 aromatic carbocycles. The maximum atomic E-state index is 14.1. The fourth-order valence-electron chi connectivity index (χ4n) is 1.90. The lowest BCUT2D eigenvalue weighted by Crippen LogP contribution is -2.00. The van der Waals surface area contributed by atoms with Crippen LogP contribution in [0.15, 0.2) is 45.3 Å². The van der Waals surface area contributed by atoms with E-state index in [-0.39, 0.29) is 5.82 Å². The lowest BCUT2D eigenvalue weighted by Gasteiger charge is -2.14. The Balaban J connectivity index is 2.29. The summed E-state index contributed by atoms with van der Waals surface area (Å²) in [4.78, 5) is 0. The Hall–Kier alpha value is -0.580. The van der Waals surface area contributed by atoms with Crippen molar-refractivity contribution in [3.63, 3.8) is 0 Å². The first kappa shape index (κ1) is 16.8. The van der Waals surface area contributed by atoms with Crippen LogP contribution in [0, 0.1) is 5.82 Å². The van der Waals surface area contributed by atoms with Crippen molar-refractivity contribution in [1.82, 2.24) is 0 Å². The van der Waals surface area contributed by atoms with Gasteiger partial charge in [0.2, 0.25) is 0 Å². The molecule has 0 N–H and O–H groups in total. The number of ether oxygens (including phenoxy) is 1. The smallest absolute Gasteiger partial charge is 0.142 e. The van der Waals surface area contributed by atoms with Gasteiger partial charge in [0.1, 0.15) is 11.6 Å². The zero-order chi connectivity index (χ0) is 15.4. The summed E-state index contributed by atoms with van der Waals surface area (Å²) in [6, 6.07) is 10.7. The molecule has 2 rings (SSSR count). The molecule has 1 atom stereocenters. The molecule has 0 aliphatic carbocycles. The van der Waals surface area contributed by atoms with Crippen LogP contribution in [0.4, 0.5) is 4.39 Å². The number of benzene rings is 2. The highest BCUT2D eigenvalue weighted by molar-refractivity contribution is 9.10. The molecule has 1 nitrogen and oxygen atoms in total. The predicted octanol–water partition coefficient (Wildman–Crippen LogP) is 6.47. The van der Waals surface area contributed by atoms with Gasteiger partial charge in [-0.25, -0.2) is 4.39 Å². The molecule has 0 heterocycles. The number of halogens is 4. The fraction of sp³-hybridized carbons (Fsp3) is 0.250. The van der Waals surface area contributed by atoms with Crippen molar-refractivity contribution >= 4 is 43.5 Å². The fourth-order valence-corrected chi connectivity index (χ4v) is 3.10. The van der Waals surface area contributed by atoms with Crippen molar-refractivity contribution in [3.8, 4) is 5.75 Å². The van der Waals surface area contributed by atoms with Gasteiger partial charge in [-0.1, -0.05) is 25.1 Å². The second-order valence-electron chi connectivity index (χ2n) is 4.54. The van der Waals surface area contributed by atoms with E-state index in [1.165, 1.54) is 0 Å². The molecule has 0 amide bonds. The Kier molecular flexibility index (Phi) is 6.08. The summed E-state index contributed by atoms with van der Waals surface area (Å²) in [5, 5.41) is -0.556. The molecule has 1 unspecified atom stereocenters. The summed E-state index contributed by atoms with van der Waals surface area (Å²) in [7, 11) is 0. The van der Waals surface area contributed by atoms with Gasteiger partial charge < -0.3 is 4.74 Å². The van der Waals surface area contributed by atoms with Gasteiger partial charge in [-0.3, -0.25) is 0 Å². The molecule has 0 aromatic heterocycles. The van der Waals surface area contributed by atoms with Crippen LogP contribution < -0.4 is 4.74 Å². The van der Waals surface area contributed by atoms with Gasteiger partial charge in [0.05, 0.1) is 20.9 Å². The van der Waals surface area contributed by atoms with E-state index < -0.39 is 5.38 Å². The van der Waals surface area contributed by atoms with Crippen LogP contribution in [0.2, 0.25) is 0 Å². The third-order valence-corrected chi connectivity index (χ3v) is 4.68. The van der Waals surface area contributed by atoms with Crippen LogP contribution in [0.5, 0.6) is 5.75 Å². The quantitative estimate of drug-likeness (QED) is 0.488. The first-order chi connectivity index (χ1) is 10.0. The molecule has 0 aliphatic rings. The Labute approximate surface area is 145 Å². The number of hydrogen-bond acceptors (Lipinski definition) is 1. The maximum Gasteiger partial charge on any atom is 0.142 e. The molecule has 0 radical (unpaired) electrons. The highest BCUT2D eigenvalue weighted by atomic mass is 79.9. The van der Waals surface area contributed by atoms with Crippen molar-refractivity contribution in [1.29, 1.82) is 0 Å². The van der Waals surface area contributed by atoms with Gasteiger partial charge in [-0.2, -0.15) is 0 Å². The molecule has 0 fully saturated rings. The number of alkyl halides is 1. The third kappa shape index (κ3) is 3.99. The average molecular weight is 437 g/mol. The van der Waals surface area contributed by atoms with Crippen molar-refractivity contribution in [2.75, 3.05) is 6.61 Å². The summed E-state index contributed by atoms with van der Waals surface area (Å²) in [5.41, 5.74) is 1.25. The highest BCUT2D eigenvalue weighted by Gasteiger charge is 2.18. The molecule has 0 spiro atoms. The molecule has 0 aliphatic heterocycles. The van der Waals surface area contributed by atoms with E-state index in [2.05, 4.69) is 31.9 Å². The molecular formula is C16H14Br2ClFO. The maximum absolute atomic E-state index is 14.1. The Morgan fingerprint density at radius 3 is 2.62 bits per heavy atom. The summed E-state index contributed by atoms with van der Waals surface area (Å²) in [6.07, 6.45) is 0.940. The lowest BCUT2D eigenvalue weighted by molar-refractivity contribution is 0.315. The van der Waals surface area contributed by atoms with Crippen LogP contribution in [0.1, 0.15) is 29.8 Å². The summed E-state index contributed by atoms with van der Waals surface area (Å²) < 4.78 is 20.9. The third-order valence-electron chi connectivity index (χ3n) is 2.96. The van der Waals surface area contributed by atoms with E-state index in [4.69, 9.17) is 16.3 Å². The van der Waals surface area contributed by atoms with Crippen LogP contribution >= 0.6 is 43.5 Å². The second kappa shape index (κ2) is 7.61. The van der Waals surface area contributed by atoms with Crippen LogP contribution in [-0.2, 0) is 0 Å². The minimum absolute atomic E-state index is 0.333. The van der Waals surface area contributed by atoms with Gasteiger partial charge in [-0.05, 0) is 62.0 Å². The predicted molar refractivity (Wildman–Crippen MR) is 91.7 cm³/mol. The molecule has 0 saturated heterocycles. The van der Waals surface area contributed by atoms with Crippen LogP contribution in [0.25, 0.3) is 0 Å². The minimum atomic E-state index is -0.556. The average Bonchev–Trinajstić information content (AvgIpc) is 2.48. The van der Waals surface area contributed by atoms with Crippen molar-refractivity contribution in [2.24, 2.45) is 0 Å². The van der Waals surface area contributed by atoms with E-state index in [0.29, 0.717) is 16.6 Å². The first-order valence-electron chi connectivity index (χ1n) is 6.54. The van der Waals surface area contributed by atoms with Crippen LogP contribution in [0.3, 0.4) is 0 Å². The zero-order valence-corrected chi connectivity index (χ0v) is 15.3. The molecule has 112 valence electrons. The Morgan fingerprint density at radius 2 is 1.95 bits per heavy atom. The summed E-state index contributed by atoms with van der Waals surface area (Å²) in [6.45, 7) is 2.70. The lowest BCUT2D eigenvalue weighted by atomic mass is 10.0. The van der Waals surface area contributed by atoms with Crippen molar-refractivity contribution < 1.29 is 9.13 Å². The van der Waals surface area contributed by atoms with Gasteiger partial charge >= 0.3 is 0 Å². The van der Waals surface area contributed by atoms with E-state index in [9.17, 15) is 4.39 Å². The van der Waals surface area contributed by atoms with E-state index in [0.717, 1.165) is 22.2 Å². The molecule has 0 bridgehead atoms. The monoisotopic (exact) mass is 434 g/mol. The normalized spacial score (nSPS) is 12.2. The summed E-state index contributed by atoms with van der Waals surface area (Å²) >= 11 is 13.1.